The summed E-state index contributed by atoms with van der Waals surface area (Å²) in [4.78, 5) is 9.11. The average Bonchev–Trinajstić information content (AvgIpc) is 2.43. The van der Waals surface area contributed by atoms with Crippen LogP contribution >= 0.6 is 11.8 Å². The molecule has 1 fully saturated rings. The molecule has 1 atom stereocenters. The molecule has 5 heteroatoms. The molecular formula is C13H28N4S. The number of hydrogen-bond donors (Lipinski definition) is 1. The van der Waals surface area contributed by atoms with Gasteiger partial charge in [-0.15, -0.1) is 0 Å². The smallest absolute Gasteiger partial charge is 0.193 e. The van der Waals surface area contributed by atoms with Gasteiger partial charge in [0.1, 0.15) is 0 Å². The summed E-state index contributed by atoms with van der Waals surface area (Å²) in [7, 11) is 4.03. The number of likely N-dealkylation sites (N-methyl/N-ethyl adjacent to an activating group) is 1. The Labute approximate surface area is 116 Å². The Kier molecular flexibility index (Phi) is 7.51. The molecule has 0 aromatic rings. The van der Waals surface area contributed by atoms with E-state index in [-0.39, 0.29) is 0 Å². The first-order chi connectivity index (χ1) is 8.71. The molecule has 0 bridgehead atoms. The molecule has 0 spiro atoms. The fraction of sp³-hybridized carbons (Fsp3) is 0.923. The molecule has 1 heterocycles. The van der Waals surface area contributed by atoms with E-state index in [0.29, 0.717) is 0 Å². The highest BCUT2D eigenvalue weighted by molar-refractivity contribution is 8.00. The largest absolute Gasteiger partial charge is 0.355 e. The van der Waals surface area contributed by atoms with E-state index in [2.05, 4.69) is 52.8 Å². The molecular weight excluding hydrogens is 244 g/mol. The molecule has 0 amide bonds. The van der Waals surface area contributed by atoms with Crippen molar-refractivity contribution in [3.8, 4) is 0 Å². The second-order valence-electron chi connectivity index (χ2n) is 4.72. The van der Waals surface area contributed by atoms with Crippen molar-refractivity contribution in [2.75, 3.05) is 52.6 Å². The molecule has 1 saturated heterocycles. The third-order valence-electron chi connectivity index (χ3n) is 3.42. The Morgan fingerprint density at radius 3 is 2.89 bits per heavy atom. The minimum atomic E-state index is 0.760. The third-order valence-corrected chi connectivity index (χ3v) is 4.79. The number of aliphatic imine (C=N–C) groups is 1. The summed E-state index contributed by atoms with van der Waals surface area (Å²) < 4.78 is 0. The lowest BCUT2D eigenvalue weighted by molar-refractivity contribution is 0.350. The second-order valence-corrected chi connectivity index (χ2v) is 6.13. The second kappa shape index (κ2) is 8.64. The monoisotopic (exact) mass is 272 g/mol. The van der Waals surface area contributed by atoms with Gasteiger partial charge in [0.25, 0.3) is 0 Å². The van der Waals surface area contributed by atoms with Crippen LogP contribution in [0.3, 0.4) is 0 Å². The van der Waals surface area contributed by atoms with Crippen LogP contribution in [0.5, 0.6) is 0 Å². The molecule has 1 aliphatic rings. The minimum absolute atomic E-state index is 0.760. The number of rotatable bonds is 5. The van der Waals surface area contributed by atoms with Crippen LogP contribution in [0.1, 0.15) is 20.3 Å². The van der Waals surface area contributed by atoms with Gasteiger partial charge in [0.2, 0.25) is 0 Å². The molecule has 0 radical (unpaired) electrons. The molecule has 0 aromatic heterocycles. The van der Waals surface area contributed by atoms with Crippen LogP contribution in [0.4, 0.5) is 0 Å². The van der Waals surface area contributed by atoms with Gasteiger partial charge in [-0.2, -0.15) is 11.8 Å². The Bertz CT molecular complexity index is 257. The van der Waals surface area contributed by atoms with Crippen molar-refractivity contribution in [3.63, 3.8) is 0 Å². The zero-order valence-electron chi connectivity index (χ0n) is 12.3. The lowest BCUT2D eigenvalue weighted by Crippen LogP contribution is -2.49. The van der Waals surface area contributed by atoms with Crippen LogP contribution in [-0.4, -0.2) is 73.6 Å². The van der Waals surface area contributed by atoms with Crippen molar-refractivity contribution < 1.29 is 0 Å². The van der Waals surface area contributed by atoms with Gasteiger partial charge < -0.3 is 15.1 Å². The average molecular weight is 272 g/mol. The molecule has 18 heavy (non-hydrogen) atoms. The van der Waals surface area contributed by atoms with E-state index in [4.69, 9.17) is 0 Å². The summed E-state index contributed by atoms with van der Waals surface area (Å²) in [5.74, 6) is 2.28. The highest BCUT2D eigenvalue weighted by atomic mass is 32.2. The molecule has 1 rings (SSSR count). The van der Waals surface area contributed by atoms with Gasteiger partial charge in [-0.25, -0.2) is 0 Å². The van der Waals surface area contributed by atoms with Crippen molar-refractivity contribution in [1.82, 2.24) is 15.1 Å². The summed E-state index contributed by atoms with van der Waals surface area (Å²) in [6.07, 6.45) is 1.25. The van der Waals surface area contributed by atoms with E-state index in [9.17, 15) is 0 Å². The fourth-order valence-electron chi connectivity index (χ4n) is 2.01. The first-order valence-electron chi connectivity index (χ1n) is 6.97. The zero-order chi connectivity index (χ0) is 13.4. The molecule has 1 aliphatic heterocycles. The molecule has 1 N–H and O–H groups in total. The van der Waals surface area contributed by atoms with Gasteiger partial charge >= 0.3 is 0 Å². The van der Waals surface area contributed by atoms with Gasteiger partial charge in [-0.1, -0.05) is 13.8 Å². The van der Waals surface area contributed by atoms with Crippen LogP contribution in [0.25, 0.3) is 0 Å². The van der Waals surface area contributed by atoms with Gasteiger partial charge in [-0.05, 0) is 20.0 Å². The van der Waals surface area contributed by atoms with Crippen molar-refractivity contribution >= 4 is 17.7 Å². The number of guanidine groups is 1. The first kappa shape index (κ1) is 15.6. The van der Waals surface area contributed by atoms with E-state index in [1.165, 1.54) is 12.2 Å². The maximum atomic E-state index is 4.41. The topological polar surface area (TPSA) is 30.9 Å². The summed E-state index contributed by atoms with van der Waals surface area (Å²) in [6.45, 7) is 9.83. The first-order valence-corrected chi connectivity index (χ1v) is 8.01. The van der Waals surface area contributed by atoms with E-state index < -0.39 is 0 Å². The Hall–Kier alpha value is -0.420. The molecule has 0 aromatic carbocycles. The van der Waals surface area contributed by atoms with E-state index in [0.717, 1.165) is 43.9 Å². The number of nitrogens with one attached hydrogen (secondary N) is 1. The highest BCUT2D eigenvalue weighted by Crippen LogP contribution is 2.20. The zero-order valence-corrected chi connectivity index (χ0v) is 13.1. The molecule has 4 nitrogen and oxygen atoms in total. The Morgan fingerprint density at radius 2 is 2.28 bits per heavy atom. The number of thioether (sulfide) groups is 1. The summed E-state index contributed by atoms with van der Waals surface area (Å²) in [5, 5.41) is 4.23. The van der Waals surface area contributed by atoms with E-state index in [1.54, 1.807) is 0 Å². The molecule has 0 aliphatic carbocycles. The minimum Gasteiger partial charge on any atom is -0.355 e. The normalized spacial score (nSPS) is 21.5. The van der Waals surface area contributed by atoms with Crippen molar-refractivity contribution in [1.29, 1.82) is 0 Å². The lowest BCUT2D eigenvalue weighted by Gasteiger charge is -2.34. The standard InChI is InChI=1S/C13H28N4S/c1-5-12-11-17(9-10-18-12)13(14-3)15-7-8-16(4)6-2/h12H,5-11H2,1-4H3,(H,14,15). The molecule has 0 saturated carbocycles. The van der Waals surface area contributed by atoms with Gasteiger partial charge in [0.15, 0.2) is 5.96 Å². The van der Waals surface area contributed by atoms with Crippen LogP contribution in [0.2, 0.25) is 0 Å². The van der Waals surface area contributed by atoms with Crippen molar-refractivity contribution in [2.45, 2.75) is 25.5 Å². The maximum Gasteiger partial charge on any atom is 0.193 e. The van der Waals surface area contributed by atoms with Crippen LogP contribution in [0.15, 0.2) is 4.99 Å². The van der Waals surface area contributed by atoms with E-state index in [1.807, 2.05) is 7.05 Å². The third kappa shape index (κ3) is 5.06. The van der Waals surface area contributed by atoms with Gasteiger partial charge in [-0.3, -0.25) is 4.99 Å². The summed E-state index contributed by atoms with van der Waals surface area (Å²) in [5.41, 5.74) is 0. The lowest BCUT2D eigenvalue weighted by atomic mass is 10.3. The SMILES string of the molecule is CCC1CN(C(=NC)NCCN(C)CC)CCS1. The van der Waals surface area contributed by atoms with Gasteiger partial charge in [0.05, 0.1) is 0 Å². The van der Waals surface area contributed by atoms with E-state index >= 15 is 0 Å². The quantitative estimate of drug-likeness (QED) is 0.604. The molecule has 1 unspecified atom stereocenters. The number of hydrogen-bond acceptors (Lipinski definition) is 3. The van der Waals surface area contributed by atoms with Crippen LogP contribution in [0, 0.1) is 0 Å². The van der Waals surface area contributed by atoms with Crippen molar-refractivity contribution in [2.24, 2.45) is 4.99 Å². The predicted octanol–water partition coefficient (Wildman–Crippen LogP) is 1.34. The maximum absolute atomic E-state index is 4.41. The molecule has 106 valence electrons. The summed E-state index contributed by atoms with van der Waals surface area (Å²) in [6, 6.07) is 0. The fourth-order valence-corrected chi connectivity index (χ4v) is 3.19. The number of nitrogens with zero attached hydrogens (tertiary/aromatic N) is 3. The highest BCUT2D eigenvalue weighted by Gasteiger charge is 2.21. The van der Waals surface area contributed by atoms with Gasteiger partial charge in [0, 0.05) is 44.2 Å². The summed E-state index contributed by atoms with van der Waals surface area (Å²) >= 11 is 2.09. The van der Waals surface area contributed by atoms with Crippen molar-refractivity contribution in [3.05, 3.63) is 0 Å². The predicted molar refractivity (Wildman–Crippen MR) is 82.6 cm³/mol. The Balaban J connectivity index is 2.36. The Morgan fingerprint density at radius 1 is 1.50 bits per heavy atom. The van der Waals surface area contributed by atoms with Crippen LogP contribution < -0.4 is 5.32 Å². The van der Waals surface area contributed by atoms with Crippen LogP contribution in [-0.2, 0) is 0 Å².